The zero-order valence-electron chi connectivity index (χ0n) is 13.1. The summed E-state index contributed by atoms with van der Waals surface area (Å²) in [4.78, 5) is 14.2. The van der Waals surface area contributed by atoms with Crippen molar-refractivity contribution in [3.63, 3.8) is 0 Å². The van der Waals surface area contributed by atoms with Gasteiger partial charge in [-0.05, 0) is 30.9 Å². The molecule has 0 bridgehead atoms. The molecule has 2 saturated heterocycles. The number of carbonyl (C=O) groups excluding carboxylic acids is 1. The molecule has 0 aromatic heterocycles. The molecular weight excluding hydrogens is 323 g/mol. The smallest absolute Gasteiger partial charge is 0.391 e. The van der Waals surface area contributed by atoms with E-state index in [1.54, 1.807) is 0 Å². The number of halogens is 3. The summed E-state index contributed by atoms with van der Waals surface area (Å²) in [7, 11) is 0. The van der Waals surface area contributed by atoms with Crippen LogP contribution in [0.25, 0.3) is 0 Å². The van der Waals surface area contributed by atoms with Crippen LogP contribution in [-0.4, -0.2) is 41.8 Å². The van der Waals surface area contributed by atoms with Crippen molar-refractivity contribution in [2.75, 3.05) is 19.8 Å². The van der Waals surface area contributed by atoms with Crippen molar-refractivity contribution in [2.45, 2.75) is 37.6 Å². The van der Waals surface area contributed by atoms with Crippen molar-refractivity contribution in [1.29, 1.82) is 0 Å². The number of hydrogen-bond donors (Lipinski definition) is 1. The number of aliphatic hydroxyl groups excluding tert-OH is 1. The molecule has 4 nitrogen and oxygen atoms in total. The number of rotatable bonds is 2. The highest BCUT2D eigenvalue weighted by molar-refractivity contribution is 5.80. The summed E-state index contributed by atoms with van der Waals surface area (Å²) in [6.45, 7) is 1.04. The van der Waals surface area contributed by atoms with Crippen LogP contribution in [0.15, 0.2) is 24.3 Å². The van der Waals surface area contributed by atoms with Crippen molar-refractivity contribution < 1.29 is 27.8 Å². The molecule has 7 heteroatoms. The van der Waals surface area contributed by atoms with E-state index >= 15 is 0 Å². The van der Waals surface area contributed by atoms with Gasteiger partial charge in [0.1, 0.15) is 0 Å². The molecule has 2 heterocycles. The lowest BCUT2D eigenvalue weighted by Gasteiger charge is -2.31. The van der Waals surface area contributed by atoms with Crippen LogP contribution in [-0.2, 0) is 15.7 Å². The zero-order chi connectivity index (χ0) is 17.3. The van der Waals surface area contributed by atoms with E-state index in [2.05, 4.69) is 0 Å². The van der Waals surface area contributed by atoms with Gasteiger partial charge < -0.3 is 14.7 Å². The third-order valence-corrected chi connectivity index (χ3v) is 4.76. The molecule has 1 N–H and O–H groups in total. The Morgan fingerprint density at radius 3 is 2.54 bits per heavy atom. The molecule has 2 aliphatic rings. The van der Waals surface area contributed by atoms with Gasteiger partial charge in [-0.2, -0.15) is 13.2 Å². The van der Waals surface area contributed by atoms with Crippen molar-refractivity contribution in [3.8, 4) is 0 Å². The Balaban J connectivity index is 1.90. The van der Waals surface area contributed by atoms with Crippen LogP contribution < -0.4 is 0 Å². The maximum atomic E-state index is 13.3. The van der Waals surface area contributed by atoms with Crippen molar-refractivity contribution >= 4 is 5.91 Å². The quantitative estimate of drug-likeness (QED) is 0.898. The van der Waals surface area contributed by atoms with Crippen molar-refractivity contribution in [1.82, 2.24) is 4.90 Å². The second kappa shape index (κ2) is 6.72. The molecule has 2 aliphatic heterocycles. The highest BCUT2D eigenvalue weighted by Gasteiger charge is 2.42. The standard InChI is InChI=1S/C17H20F3NO3/c18-17(19,20)14-4-2-1-3-13(14)15-9-12(22)10-21(15)16(23)11-5-7-24-8-6-11/h1-4,11-12,15,22H,5-10H2/t12-,15+/m0/s1. The Morgan fingerprint density at radius 2 is 1.88 bits per heavy atom. The number of β-amino-alcohol motifs (C(OH)–C–C–N with tert-alkyl or cyclic N) is 1. The monoisotopic (exact) mass is 343 g/mol. The average Bonchev–Trinajstić information content (AvgIpc) is 2.96. The SMILES string of the molecule is O=C(C1CCOCC1)N1C[C@@H](O)C[C@@H]1c1ccccc1C(F)(F)F. The minimum absolute atomic E-state index is 0.0574. The maximum absolute atomic E-state index is 13.3. The zero-order valence-corrected chi connectivity index (χ0v) is 13.1. The second-order valence-electron chi connectivity index (χ2n) is 6.37. The summed E-state index contributed by atoms with van der Waals surface area (Å²) in [6, 6.07) is 4.55. The number of hydrogen-bond acceptors (Lipinski definition) is 3. The van der Waals surface area contributed by atoms with E-state index in [-0.39, 0.29) is 30.4 Å². The highest BCUT2D eigenvalue weighted by Crippen LogP contribution is 2.41. The molecule has 24 heavy (non-hydrogen) atoms. The number of likely N-dealkylation sites (tertiary alicyclic amines) is 1. The summed E-state index contributed by atoms with van der Waals surface area (Å²) >= 11 is 0. The van der Waals surface area contributed by atoms with Crippen LogP contribution in [0.1, 0.15) is 36.4 Å². The first-order valence-electron chi connectivity index (χ1n) is 8.10. The number of benzene rings is 1. The Bertz CT molecular complexity index is 599. The third kappa shape index (κ3) is 3.42. The van der Waals surface area contributed by atoms with Gasteiger partial charge in [0.15, 0.2) is 0 Å². The van der Waals surface area contributed by atoms with Crippen LogP contribution in [0.5, 0.6) is 0 Å². The van der Waals surface area contributed by atoms with Gasteiger partial charge in [-0.3, -0.25) is 4.79 Å². The lowest BCUT2D eigenvalue weighted by atomic mass is 9.95. The summed E-state index contributed by atoms with van der Waals surface area (Å²) in [5, 5.41) is 9.97. The topological polar surface area (TPSA) is 49.8 Å². The van der Waals surface area contributed by atoms with Gasteiger partial charge in [0.2, 0.25) is 5.91 Å². The minimum atomic E-state index is -4.49. The van der Waals surface area contributed by atoms with Gasteiger partial charge in [0.25, 0.3) is 0 Å². The number of aliphatic hydroxyl groups is 1. The number of nitrogens with zero attached hydrogens (tertiary/aromatic N) is 1. The molecule has 1 aromatic rings. The van der Waals surface area contributed by atoms with Crippen LogP contribution >= 0.6 is 0 Å². The van der Waals surface area contributed by atoms with Crippen molar-refractivity contribution in [2.24, 2.45) is 5.92 Å². The maximum Gasteiger partial charge on any atom is 0.416 e. The molecule has 1 aromatic carbocycles. The van der Waals surface area contributed by atoms with Gasteiger partial charge in [-0.25, -0.2) is 0 Å². The molecule has 1 amide bonds. The normalized spacial score (nSPS) is 25.9. The summed E-state index contributed by atoms with van der Waals surface area (Å²) in [5.74, 6) is -0.429. The summed E-state index contributed by atoms with van der Waals surface area (Å²) < 4.78 is 45.1. The largest absolute Gasteiger partial charge is 0.416 e. The Hall–Kier alpha value is -1.60. The molecule has 2 atom stereocenters. The van der Waals surface area contributed by atoms with E-state index in [9.17, 15) is 23.1 Å². The fraction of sp³-hybridized carbons (Fsp3) is 0.588. The molecule has 0 spiro atoms. The summed E-state index contributed by atoms with van der Waals surface area (Å²) in [6.07, 6.45) is -4.03. The number of carbonyl (C=O) groups is 1. The average molecular weight is 343 g/mol. The lowest BCUT2D eigenvalue weighted by molar-refractivity contribution is -0.143. The molecule has 0 radical (unpaired) electrons. The van der Waals surface area contributed by atoms with E-state index in [1.807, 2.05) is 0 Å². The highest BCUT2D eigenvalue weighted by atomic mass is 19.4. The lowest BCUT2D eigenvalue weighted by Crippen LogP contribution is -2.39. The molecule has 0 saturated carbocycles. The molecule has 2 fully saturated rings. The first-order chi connectivity index (χ1) is 11.4. The fourth-order valence-corrected chi connectivity index (χ4v) is 3.58. The van der Waals surface area contributed by atoms with E-state index < -0.39 is 23.9 Å². The van der Waals surface area contributed by atoms with Gasteiger partial charge >= 0.3 is 6.18 Å². The van der Waals surface area contributed by atoms with Gasteiger partial charge in [-0.1, -0.05) is 18.2 Å². The summed E-state index contributed by atoms with van der Waals surface area (Å²) in [5.41, 5.74) is -0.684. The first kappa shape index (κ1) is 17.2. The van der Waals surface area contributed by atoms with Crippen molar-refractivity contribution in [3.05, 3.63) is 35.4 Å². The third-order valence-electron chi connectivity index (χ3n) is 4.76. The van der Waals surface area contributed by atoms with E-state index in [4.69, 9.17) is 4.74 Å². The molecule has 0 unspecified atom stereocenters. The molecule has 132 valence electrons. The van der Waals surface area contributed by atoms with Crippen LogP contribution in [0.3, 0.4) is 0 Å². The molecular formula is C17H20F3NO3. The van der Waals surface area contributed by atoms with Crippen LogP contribution in [0.4, 0.5) is 13.2 Å². The Morgan fingerprint density at radius 1 is 1.21 bits per heavy atom. The van der Waals surface area contributed by atoms with Crippen LogP contribution in [0, 0.1) is 5.92 Å². The van der Waals surface area contributed by atoms with Gasteiger partial charge in [0.05, 0.1) is 17.7 Å². The minimum Gasteiger partial charge on any atom is -0.391 e. The Labute approximate surface area is 138 Å². The van der Waals surface area contributed by atoms with E-state index in [0.717, 1.165) is 6.07 Å². The predicted octanol–water partition coefficient (Wildman–Crippen LogP) is 2.77. The number of amides is 1. The predicted molar refractivity (Wildman–Crippen MR) is 80.1 cm³/mol. The van der Waals surface area contributed by atoms with Crippen LogP contribution in [0.2, 0.25) is 0 Å². The van der Waals surface area contributed by atoms with Gasteiger partial charge in [-0.15, -0.1) is 0 Å². The van der Waals surface area contributed by atoms with E-state index in [1.165, 1.54) is 23.1 Å². The number of alkyl halides is 3. The second-order valence-corrected chi connectivity index (χ2v) is 6.37. The number of ether oxygens (including phenoxy) is 1. The van der Waals surface area contributed by atoms with Gasteiger partial charge in [0, 0.05) is 25.7 Å². The fourth-order valence-electron chi connectivity index (χ4n) is 3.58. The van der Waals surface area contributed by atoms with E-state index in [0.29, 0.717) is 26.1 Å². The molecule has 3 rings (SSSR count). The molecule has 0 aliphatic carbocycles. The first-order valence-corrected chi connectivity index (χ1v) is 8.10. The Kier molecular flexibility index (Phi) is 4.83.